The fraction of sp³-hybridized carbons (Fsp3) is 0.765. The van der Waals surface area contributed by atoms with Crippen LogP contribution in [-0.2, 0) is 19.2 Å². The molecule has 2 fully saturated rings. The van der Waals surface area contributed by atoms with Crippen molar-refractivity contribution in [2.45, 2.75) is 114 Å². The van der Waals surface area contributed by atoms with E-state index in [0.717, 1.165) is 50.5 Å². The molecule has 0 saturated heterocycles. The number of nitrogens with zero attached hydrogens (tertiary/aromatic N) is 1. The monoisotopic (exact) mass is 552 g/mol. The van der Waals surface area contributed by atoms with Gasteiger partial charge >= 0.3 is 0 Å². The third-order valence-electron chi connectivity index (χ3n) is 11.8. The van der Waals surface area contributed by atoms with Crippen LogP contribution in [-0.4, -0.2) is 24.6 Å². The van der Waals surface area contributed by atoms with E-state index < -0.39 is 16.2 Å². The molecule has 0 aromatic heterocycles. The lowest BCUT2D eigenvalue weighted by atomic mass is 9.42. The molecule has 1 amide bonds. The van der Waals surface area contributed by atoms with E-state index in [-0.39, 0.29) is 51.1 Å². The molecular weight excluding hydrogens is 500 g/mol. The van der Waals surface area contributed by atoms with Gasteiger partial charge in [0.25, 0.3) is 0 Å². The average molecular weight is 553 g/mol. The highest BCUT2D eigenvalue weighted by molar-refractivity contribution is 6.04. The van der Waals surface area contributed by atoms with Gasteiger partial charge in [0.1, 0.15) is 6.07 Å². The van der Waals surface area contributed by atoms with Crippen molar-refractivity contribution < 1.29 is 19.2 Å². The van der Waals surface area contributed by atoms with E-state index in [9.17, 15) is 19.6 Å². The lowest BCUT2D eigenvalue weighted by Gasteiger charge is -2.61. The van der Waals surface area contributed by atoms with Gasteiger partial charge in [0.2, 0.25) is 5.91 Å². The molecule has 5 atom stereocenters. The van der Waals surface area contributed by atoms with Crippen LogP contribution in [0.3, 0.4) is 0 Å². The normalized spacial score (nSPS) is 36.3. The van der Waals surface area contributed by atoms with Gasteiger partial charge < -0.3 is 0 Å². The van der Waals surface area contributed by atoms with Crippen molar-refractivity contribution in [1.82, 2.24) is 5.48 Å². The highest BCUT2D eigenvalue weighted by Gasteiger charge is 2.61. The molecule has 3 aliphatic rings. The van der Waals surface area contributed by atoms with E-state index in [0.29, 0.717) is 0 Å². The molecule has 222 valence electrons. The molecule has 1 N–H and O–H groups in total. The van der Waals surface area contributed by atoms with Gasteiger partial charge in [0.05, 0.1) is 18.1 Å². The first kappa shape index (κ1) is 32.3. The summed E-state index contributed by atoms with van der Waals surface area (Å²) in [6.45, 7) is 21.1. The third kappa shape index (κ3) is 5.13. The Bertz CT molecular complexity index is 1170. The highest BCUT2D eigenvalue weighted by Crippen LogP contribution is 2.67. The summed E-state index contributed by atoms with van der Waals surface area (Å²) in [5, 5.41) is 9.90. The number of hydroxylamine groups is 1. The second kappa shape index (κ2) is 10.5. The van der Waals surface area contributed by atoms with Gasteiger partial charge in [-0.25, -0.2) is 5.48 Å². The Kier molecular flexibility index (Phi) is 8.50. The van der Waals surface area contributed by atoms with Crippen molar-refractivity contribution in [2.24, 2.45) is 44.3 Å². The van der Waals surface area contributed by atoms with Crippen molar-refractivity contribution in [1.29, 1.82) is 5.26 Å². The van der Waals surface area contributed by atoms with Crippen LogP contribution in [0.25, 0.3) is 0 Å². The van der Waals surface area contributed by atoms with Crippen LogP contribution in [0.15, 0.2) is 23.3 Å². The lowest BCUT2D eigenvalue weighted by Crippen LogP contribution is -2.56. The number of fused-ring (bicyclic) bond motifs is 1. The zero-order valence-corrected chi connectivity index (χ0v) is 26.8. The van der Waals surface area contributed by atoms with Crippen molar-refractivity contribution in [3.8, 4) is 6.07 Å². The maximum atomic E-state index is 13.6. The number of nitriles is 1. The highest BCUT2D eigenvalue weighted by atomic mass is 16.6. The van der Waals surface area contributed by atoms with Gasteiger partial charge in [-0.2, -0.15) is 5.26 Å². The summed E-state index contributed by atoms with van der Waals surface area (Å²) in [4.78, 5) is 44.7. The standard InChI is InChI=1S/C34H52N2O4/c1-22-19-29(3,4)14-16-34(22,28(39)36-40-11)17-15-30(5,6)33(10)13-12-25-31(7,8)27(38)24(21-35)20-32(25,9)26(33)18-23(2)37/h18,20,22,25H,12-17,19H2,1-11H3,(H,36,39)/b26-18-/t22?,25-,32-,33+,34-/m0/s1. The Balaban J connectivity index is 2.08. The Morgan fingerprint density at radius 2 is 1.77 bits per heavy atom. The maximum absolute atomic E-state index is 13.6. The average Bonchev–Trinajstić information content (AvgIpc) is 2.83. The molecule has 40 heavy (non-hydrogen) atoms. The molecule has 6 nitrogen and oxygen atoms in total. The van der Waals surface area contributed by atoms with Crippen LogP contribution < -0.4 is 5.48 Å². The van der Waals surface area contributed by atoms with Crippen LogP contribution in [0.4, 0.5) is 0 Å². The van der Waals surface area contributed by atoms with Gasteiger partial charge in [0.15, 0.2) is 11.6 Å². The van der Waals surface area contributed by atoms with Crippen LogP contribution in [0, 0.1) is 55.7 Å². The number of carbonyl (C=O) groups is 3. The Labute approximate surface area is 242 Å². The smallest absolute Gasteiger partial charge is 0.250 e. The number of amides is 1. The molecule has 3 aliphatic carbocycles. The fourth-order valence-electron chi connectivity index (χ4n) is 8.88. The predicted molar refractivity (Wildman–Crippen MR) is 158 cm³/mol. The topological polar surface area (TPSA) is 96.3 Å². The van der Waals surface area contributed by atoms with Gasteiger partial charge in [-0.1, -0.05) is 74.0 Å². The molecule has 0 bridgehead atoms. The van der Waals surface area contributed by atoms with Crippen molar-refractivity contribution in [3.63, 3.8) is 0 Å². The van der Waals surface area contributed by atoms with Gasteiger partial charge in [-0.3, -0.25) is 19.2 Å². The minimum Gasteiger partial charge on any atom is -0.295 e. The van der Waals surface area contributed by atoms with Crippen molar-refractivity contribution in [2.75, 3.05) is 7.11 Å². The van der Waals surface area contributed by atoms with Crippen LogP contribution in [0.5, 0.6) is 0 Å². The number of hydrogen-bond donors (Lipinski definition) is 1. The quantitative estimate of drug-likeness (QED) is 0.264. The largest absolute Gasteiger partial charge is 0.295 e. The van der Waals surface area contributed by atoms with Crippen molar-refractivity contribution >= 4 is 17.5 Å². The number of allylic oxidation sites excluding steroid dienone is 4. The van der Waals surface area contributed by atoms with E-state index in [1.165, 1.54) is 7.11 Å². The number of hydrogen-bond acceptors (Lipinski definition) is 5. The van der Waals surface area contributed by atoms with E-state index in [1.54, 1.807) is 13.0 Å². The van der Waals surface area contributed by atoms with Crippen LogP contribution in [0.1, 0.15) is 114 Å². The van der Waals surface area contributed by atoms with Crippen LogP contribution in [0.2, 0.25) is 0 Å². The van der Waals surface area contributed by atoms with E-state index in [2.05, 4.69) is 60.0 Å². The molecule has 0 radical (unpaired) electrons. The lowest BCUT2D eigenvalue weighted by molar-refractivity contribution is -0.151. The molecular formula is C34H52N2O4. The van der Waals surface area contributed by atoms with Crippen molar-refractivity contribution in [3.05, 3.63) is 23.3 Å². The van der Waals surface area contributed by atoms with Gasteiger partial charge in [-0.15, -0.1) is 0 Å². The maximum Gasteiger partial charge on any atom is 0.250 e. The molecule has 1 unspecified atom stereocenters. The van der Waals surface area contributed by atoms with E-state index >= 15 is 0 Å². The summed E-state index contributed by atoms with van der Waals surface area (Å²) in [5.41, 5.74) is 1.57. The first-order valence-electron chi connectivity index (χ1n) is 15.0. The summed E-state index contributed by atoms with van der Waals surface area (Å²) in [7, 11) is 1.49. The summed E-state index contributed by atoms with van der Waals surface area (Å²) < 4.78 is 0. The van der Waals surface area contributed by atoms with Gasteiger partial charge in [0, 0.05) is 10.8 Å². The Morgan fingerprint density at radius 3 is 2.30 bits per heavy atom. The zero-order valence-electron chi connectivity index (χ0n) is 26.8. The number of carbonyl (C=O) groups excluding carboxylic acids is 3. The minimum absolute atomic E-state index is 0.0153. The SMILES string of the molecule is CONC(=O)[C@]1(CCC(C)(C)[C@]2(C)CC[C@H]3C(C)(C)C(=O)C(C#N)=C[C@]3(C)/C2=C/C(C)=O)CCC(C)(C)CC1C. The Morgan fingerprint density at radius 1 is 1.15 bits per heavy atom. The number of Topliss-reactive ketones (excluding diaryl/α,β-unsaturated/α-hetero) is 1. The first-order chi connectivity index (χ1) is 18.2. The first-order valence-corrected chi connectivity index (χ1v) is 15.0. The zero-order chi connectivity index (χ0) is 30.5. The molecule has 0 aromatic rings. The number of ketones is 2. The molecule has 6 heteroatoms. The molecule has 0 spiro atoms. The fourth-order valence-corrected chi connectivity index (χ4v) is 8.88. The second-order valence-electron chi connectivity index (χ2n) is 15.5. The molecule has 0 aliphatic heterocycles. The predicted octanol–water partition coefficient (Wildman–Crippen LogP) is 7.30. The van der Waals surface area contributed by atoms with E-state index in [4.69, 9.17) is 4.84 Å². The summed E-state index contributed by atoms with van der Waals surface area (Å²) in [6.07, 6.45) is 9.55. The number of nitrogens with one attached hydrogen (secondary N) is 1. The summed E-state index contributed by atoms with van der Waals surface area (Å²) in [6, 6.07) is 2.16. The molecule has 2 saturated carbocycles. The second-order valence-corrected chi connectivity index (χ2v) is 15.5. The third-order valence-corrected chi connectivity index (χ3v) is 11.8. The van der Waals surface area contributed by atoms with E-state index in [1.807, 2.05) is 19.9 Å². The molecule has 3 rings (SSSR count). The minimum atomic E-state index is -0.706. The van der Waals surface area contributed by atoms with Crippen LogP contribution >= 0.6 is 0 Å². The Hall–Kier alpha value is -2.26. The number of rotatable bonds is 7. The van der Waals surface area contributed by atoms with Gasteiger partial charge in [-0.05, 0) is 86.0 Å². The summed E-state index contributed by atoms with van der Waals surface area (Å²) in [5.74, 6) is 0.00550. The summed E-state index contributed by atoms with van der Waals surface area (Å²) >= 11 is 0. The molecule has 0 heterocycles. The molecule has 0 aromatic carbocycles.